The molecule has 3 nitrogen and oxygen atoms in total. The van der Waals surface area contributed by atoms with Gasteiger partial charge in [0.1, 0.15) is 0 Å². The molecule has 1 heterocycles. The van der Waals surface area contributed by atoms with Crippen molar-refractivity contribution in [2.24, 2.45) is 0 Å². The van der Waals surface area contributed by atoms with Gasteiger partial charge in [0.05, 0.1) is 0 Å². The van der Waals surface area contributed by atoms with Crippen LogP contribution in [0.2, 0.25) is 0 Å². The predicted molar refractivity (Wildman–Crippen MR) is 188 cm³/mol. The van der Waals surface area contributed by atoms with Crippen molar-refractivity contribution in [3.05, 3.63) is 81.1 Å². The van der Waals surface area contributed by atoms with Crippen molar-refractivity contribution in [2.45, 2.75) is 151 Å². The number of allylic oxidation sites excluding steroid dienone is 2. The monoisotopic (exact) mass is 582 g/mol. The van der Waals surface area contributed by atoms with Gasteiger partial charge in [0.15, 0.2) is 5.71 Å². The molecule has 1 fully saturated rings. The first-order valence-corrected chi connectivity index (χ1v) is 15.9. The zero-order chi connectivity index (χ0) is 31.1. The zero-order valence-corrected chi connectivity index (χ0v) is 31.0. The molecule has 0 atom stereocenters. The van der Waals surface area contributed by atoms with E-state index in [9.17, 15) is 0 Å². The molecule has 0 radical (unpaired) electrons. The minimum atomic E-state index is 0. The van der Waals surface area contributed by atoms with Crippen LogP contribution >= 0.6 is 0 Å². The van der Waals surface area contributed by atoms with Crippen LogP contribution in [0.5, 0.6) is 0 Å². The van der Waals surface area contributed by atoms with E-state index in [1.54, 1.807) is 0 Å². The molecule has 1 aliphatic heterocycles. The molecule has 0 aromatic heterocycles. The number of hydrogen-bond donors (Lipinski definition) is 1. The number of rotatable bonds is 8. The molecule has 2 aromatic rings. The zero-order valence-electron chi connectivity index (χ0n) is 29.6. The van der Waals surface area contributed by atoms with Crippen LogP contribution in [-0.4, -0.2) is 39.8 Å². The largest absolute Gasteiger partial charge is 2.00 e. The third kappa shape index (κ3) is 11.5. The van der Waals surface area contributed by atoms with Crippen molar-refractivity contribution < 1.29 is 4.99 Å². The smallest absolute Gasteiger partial charge is 0.661 e. The molecule has 4 heteroatoms. The summed E-state index contributed by atoms with van der Waals surface area (Å²) in [5.74, 6) is 1.82. The van der Waals surface area contributed by atoms with E-state index in [1.807, 2.05) is 0 Å². The Bertz CT molecular complexity index is 1130. The molecule has 2 aromatic carbocycles. The second kappa shape index (κ2) is 16.4. The van der Waals surface area contributed by atoms with Crippen molar-refractivity contribution in [2.75, 3.05) is 0 Å². The van der Waals surface area contributed by atoms with Gasteiger partial charge in [-0.25, -0.2) is 4.99 Å². The summed E-state index contributed by atoms with van der Waals surface area (Å²) >= 11 is 0. The summed E-state index contributed by atoms with van der Waals surface area (Å²) in [6.45, 7) is 31.2. The van der Waals surface area contributed by atoms with Crippen LogP contribution in [-0.2, 0) is 0 Å². The first-order valence-electron chi connectivity index (χ1n) is 15.9. The molecule has 1 aliphatic rings. The molecule has 1 saturated heterocycles. The van der Waals surface area contributed by atoms with Crippen LogP contribution in [0.4, 0.5) is 11.4 Å². The Labute approximate surface area is 276 Å². The normalized spacial score (nSPS) is 16.8. The van der Waals surface area contributed by atoms with E-state index < -0.39 is 0 Å². The van der Waals surface area contributed by atoms with Gasteiger partial charge in [0, 0.05) is 18.1 Å². The average Bonchev–Trinajstić information content (AvgIpc) is 2.82. The Morgan fingerprint density at radius 3 is 1.43 bits per heavy atom. The summed E-state index contributed by atoms with van der Waals surface area (Å²) in [5.41, 5.74) is 10.4. The van der Waals surface area contributed by atoms with Crippen molar-refractivity contribution in [1.82, 2.24) is 0 Å². The van der Waals surface area contributed by atoms with Crippen LogP contribution in [0, 0.1) is 0 Å². The summed E-state index contributed by atoms with van der Waals surface area (Å²) in [4.78, 5) is 3.71. The summed E-state index contributed by atoms with van der Waals surface area (Å²) in [6, 6.07) is 13.2. The number of nitrogens with one attached hydrogen (secondary N) is 1. The summed E-state index contributed by atoms with van der Waals surface area (Å²) in [6.07, 6.45) is 6.03. The maximum atomic E-state index is 5.10. The predicted octanol–water partition coefficient (Wildman–Crippen LogP) is 10.7. The number of para-hydroxylation sites is 2. The number of nitrogens with zero attached hydrogens (tertiary/aromatic N) is 2. The van der Waals surface area contributed by atoms with Crippen LogP contribution in [0.3, 0.4) is 0 Å². The Morgan fingerprint density at radius 2 is 1.10 bits per heavy atom. The van der Waals surface area contributed by atoms with Gasteiger partial charge in [-0.05, 0) is 29.7 Å². The molecule has 0 aliphatic carbocycles. The Hall–Kier alpha value is -1.62. The third-order valence-corrected chi connectivity index (χ3v) is 7.93. The average molecular weight is 583 g/mol. The molecule has 42 heavy (non-hydrogen) atoms. The molecule has 3 rings (SSSR count). The van der Waals surface area contributed by atoms with E-state index in [0.717, 1.165) is 17.1 Å². The minimum Gasteiger partial charge on any atom is -0.661 e. The number of piperidine rings is 1. The molecule has 1 N–H and O–H groups in total. The molecular formula is C38H60MgN3+. The molecule has 0 bridgehead atoms. The van der Waals surface area contributed by atoms with E-state index in [1.165, 1.54) is 47.2 Å². The van der Waals surface area contributed by atoms with Crippen molar-refractivity contribution in [1.29, 1.82) is 0 Å². The molecule has 0 saturated carbocycles. The Balaban J connectivity index is 0.000000677. The Morgan fingerprint density at radius 1 is 0.714 bits per heavy atom. The van der Waals surface area contributed by atoms with E-state index in [0.29, 0.717) is 23.7 Å². The number of hydrogen-bond acceptors (Lipinski definition) is 0. The second-order valence-corrected chi connectivity index (χ2v) is 14.5. The van der Waals surface area contributed by atoms with Gasteiger partial charge in [-0.3, -0.25) is 0 Å². The van der Waals surface area contributed by atoms with Gasteiger partial charge in [0.2, 0.25) is 5.69 Å². The van der Waals surface area contributed by atoms with Gasteiger partial charge in [-0.15, -0.1) is 16.8 Å². The standard InChI is InChI=1S/C29H41N2.C9H18N.Mg/c1-18(2)24-13-11-14-25(19(3)4)28(24)30-22(9)17-23(10)31-29-26(20(5)6)15-12-16-27(29)21(7)8;1-8(2)6-5-7-9(3,4)10-8;/h11-21H,1-10H3;5-7H2,1-4H3;/q2*-1;+2/p+1/b22-17-,31-23?;;. The van der Waals surface area contributed by atoms with Crippen molar-refractivity contribution in [3.63, 3.8) is 0 Å². The van der Waals surface area contributed by atoms with E-state index in [4.69, 9.17) is 10.6 Å². The minimum absolute atomic E-state index is 0. The molecule has 0 unspecified atom stereocenters. The van der Waals surface area contributed by atoms with E-state index in [-0.39, 0.29) is 34.1 Å². The van der Waals surface area contributed by atoms with E-state index in [2.05, 4.69) is 144 Å². The van der Waals surface area contributed by atoms with Gasteiger partial charge in [0.25, 0.3) is 0 Å². The summed E-state index contributed by atoms with van der Waals surface area (Å²) in [7, 11) is 0. The fourth-order valence-electron chi connectivity index (χ4n) is 5.98. The molecule has 0 amide bonds. The second-order valence-electron chi connectivity index (χ2n) is 14.5. The fourth-order valence-corrected chi connectivity index (χ4v) is 5.98. The quantitative estimate of drug-likeness (QED) is 0.237. The van der Waals surface area contributed by atoms with Crippen molar-refractivity contribution in [3.8, 4) is 0 Å². The Kier molecular flexibility index (Phi) is 15.0. The molecule has 228 valence electrons. The maximum Gasteiger partial charge on any atom is 2.00 e. The third-order valence-electron chi connectivity index (χ3n) is 7.93. The summed E-state index contributed by atoms with van der Waals surface area (Å²) < 4.78 is 0. The van der Waals surface area contributed by atoms with Gasteiger partial charge >= 0.3 is 23.1 Å². The van der Waals surface area contributed by atoms with Gasteiger partial charge < -0.3 is 10.6 Å². The first kappa shape index (κ1) is 38.4. The van der Waals surface area contributed by atoms with Crippen molar-refractivity contribution >= 4 is 40.1 Å². The van der Waals surface area contributed by atoms with Gasteiger partial charge in [-0.1, -0.05) is 157 Å². The number of benzene rings is 2. The van der Waals surface area contributed by atoms with Crippen LogP contribution < -0.4 is 4.99 Å². The van der Waals surface area contributed by atoms with E-state index >= 15 is 0 Å². The first-order chi connectivity index (χ1) is 18.9. The SMILES string of the molecule is CC(/C=C(/C)[N-]c1c(C(C)C)cccc1C(C)C)=[NH+]c1c(C(C)C)cccc1C(C)C.CC1(C)CCCC(C)(C)[N-]1.[Mg+2]. The van der Waals surface area contributed by atoms with Crippen LogP contribution in [0.15, 0.2) is 48.2 Å². The molecular weight excluding hydrogens is 523 g/mol. The van der Waals surface area contributed by atoms with Crippen LogP contribution in [0.25, 0.3) is 10.6 Å². The van der Waals surface area contributed by atoms with Gasteiger partial charge in [-0.2, -0.15) is 5.70 Å². The maximum absolute atomic E-state index is 5.10. The summed E-state index contributed by atoms with van der Waals surface area (Å²) in [5, 5.41) is 9.84. The molecule has 0 spiro atoms. The van der Waals surface area contributed by atoms with Crippen LogP contribution in [0.1, 0.15) is 162 Å². The topological polar surface area (TPSA) is 42.2 Å². The fraction of sp³-hybridized carbons (Fsp3) is 0.605.